The van der Waals surface area contributed by atoms with Gasteiger partial charge in [-0.1, -0.05) is 0 Å². The first kappa shape index (κ1) is 23.7. The molecule has 182 valence electrons. The molecule has 36 heavy (non-hydrogen) atoms. The van der Waals surface area contributed by atoms with Crippen molar-refractivity contribution in [1.82, 2.24) is 0 Å². The van der Waals surface area contributed by atoms with Crippen molar-refractivity contribution in [2.45, 2.75) is 56.5 Å². The number of fused-ring (bicyclic) bond motifs is 3. The quantitative estimate of drug-likeness (QED) is 0.193. The Labute approximate surface area is 217 Å². The molecule has 1 fully saturated rings. The molecule has 2 aliphatic rings. The third-order valence-electron chi connectivity index (χ3n) is 8.70. The first-order valence-electron chi connectivity index (χ1n) is 13.4. The van der Waals surface area contributed by atoms with Gasteiger partial charge in [0.15, 0.2) is 0 Å². The first-order chi connectivity index (χ1) is 17.4. The minimum absolute atomic E-state index is 0.0887. The summed E-state index contributed by atoms with van der Waals surface area (Å²) >= 11 is -2.88. The van der Waals surface area contributed by atoms with Gasteiger partial charge in [-0.2, -0.15) is 0 Å². The Morgan fingerprint density at radius 1 is 0.778 bits per heavy atom. The van der Waals surface area contributed by atoms with Crippen molar-refractivity contribution in [3.63, 3.8) is 0 Å². The molecule has 2 heterocycles. The fourth-order valence-corrected chi connectivity index (χ4v) is 15.0. The Bertz CT molecular complexity index is 1460. The molecule has 1 aliphatic carbocycles. The van der Waals surface area contributed by atoms with Crippen LogP contribution in [0.5, 0.6) is 0 Å². The molecular weight excluding hydrogens is 502 g/mol. The molecule has 1 nitrogen and oxygen atoms in total. The van der Waals surface area contributed by atoms with Crippen LogP contribution in [0, 0.1) is 12.7 Å². The van der Waals surface area contributed by atoms with Crippen LogP contribution >= 0.6 is 0 Å². The van der Waals surface area contributed by atoms with E-state index in [1.54, 1.807) is 6.07 Å². The van der Waals surface area contributed by atoms with Crippen LogP contribution in [0.4, 0.5) is 4.39 Å². The molecule has 0 amide bonds. The van der Waals surface area contributed by atoms with Gasteiger partial charge in [-0.15, -0.1) is 0 Å². The summed E-state index contributed by atoms with van der Waals surface area (Å²) < 4.78 is 20.7. The van der Waals surface area contributed by atoms with Gasteiger partial charge >= 0.3 is 218 Å². The van der Waals surface area contributed by atoms with Gasteiger partial charge < -0.3 is 0 Å². The Morgan fingerprint density at radius 3 is 2.14 bits per heavy atom. The van der Waals surface area contributed by atoms with Crippen LogP contribution in [0.3, 0.4) is 0 Å². The number of aryl methyl sites for hydroxylation is 2. The zero-order valence-electron chi connectivity index (χ0n) is 21.9. The van der Waals surface area contributed by atoms with E-state index >= 15 is 4.39 Å². The van der Waals surface area contributed by atoms with Crippen molar-refractivity contribution in [3.8, 4) is 33.5 Å². The molecule has 4 aromatic rings. The number of benzene rings is 3. The molecule has 1 aromatic heterocycles. The fraction of sp³-hybridized carbons (Fsp3) is 0.303. The molecule has 6 rings (SSSR count). The van der Waals surface area contributed by atoms with E-state index < -0.39 is 13.3 Å². The molecule has 0 spiro atoms. The van der Waals surface area contributed by atoms with Crippen molar-refractivity contribution >= 4 is 22.1 Å². The normalized spacial score (nSPS) is 16.6. The molecule has 1 saturated carbocycles. The number of pyridine rings is 1. The van der Waals surface area contributed by atoms with E-state index in [0.717, 1.165) is 11.1 Å². The number of hydrogen-bond acceptors (Lipinski definition) is 0. The van der Waals surface area contributed by atoms with Crippen molar-refractivity contribution in [2.24, 2.45) is 7.05 Å². The Balaban J connectivity index is 1.53. The van der Waals surface area contributed by atoms with Crippen molar-refractivity contribution in [2.75, 3.05) is 0 Å². The predicted molar refractivity (Wildman–Crippen MR) is 151 cm³/mol. The second kappa shape index (κ2) is 8.99. The van der Waals surface area contributed by atoms with Gasteiger partial charge in [0, 0.05) is 0 Å². The van der Waals surface area contributed by atoms with Crippen molar-refractivity contribution < 1.29 is 8.96 Å². The van der Waals surface area contributed by atoms with Crippen molar-refractivity contribution in [3.05, 3.63) is 89.9 Å². The number of nitrogens with zero attached hydrogens (tertiary/aromatic N) is 1. The SMILES string of the molecule is Cc1ccc2[c](c1-c1cccc[n+]1C)[Ge]([CH3])([CH3])[c]1c-2ccc(F)c1-c1ccc(C2CCCCC2)cc1. The molecule has 0 N–H and O–H groups in total. The maximum atomic E-state index is 15.7. The van der Waals surface area contributed by atoms with Gasteiger partial charge in [0.2, 0.25) is 0 Å². The zero-order valence-corrected chi connectivity index (χ0v) is 24.0. The topological polar surface area (TPSA) is 3.88 Å². The second-order valence-corrected chi connectivity index (χ2v) is 20.2. The van der Waals surface area contributed by atoms with Gasteiger partial charge in [-0.3, -0.25) is 0 Å². The van der Waals surface area contributed by atoms with Gasteiger partial charge in [0.1, 0.15) is 0 Å². The average molecular weight is 537 g/mol. The molecule has 0 unspecified atom stereocenters. The number of halogens is 1. The molecule has 0 atom stereocenters. The van der Waals surface area contributed by atoms with Gasteiger partial charge in [0.05, 0.1) is 0 Å². The predicted octanol–water partition coefficient (Wildman–Crippen LogP) is 7.14. The summed E-state index contributed by atoms with van der Waals surface area (Å²) in [5.41, 5.74) is 9.70. The summed E-state index contributed by atoms with van der Waals surface area (Å²) in [6.45, 7) is 2.22. The van der Waals surface area contributed by atoms with E-state index in [1.807, 2.05) is 6.07 Å². The van der Waals surface area contributed by atoms with E-state index in [-0.39, 0.29) is 5.82 Å². The molecular formula is C33H35FGeN+. The number of rotatable bonds is 3. The number of hydrogen-bond donors (Lipinski definition) is 0. The van der Waals surface area contributed by atoms with E-state index in [4.69, 9.17) is 0 Å². The molecule has 1 aliphatic heterocycles. The molecule has 0 saturated heterocycles. The minimum atomic E-state index is -2.88. The standard InChI is InChI=1S/C33H35FGeN/c1-22-13-18-26-27-19-20-28(34)31(25-16-14-24(15-17-25)23-10-6-5-7-11-23)33(27)35(2,3)32(26)30(22)29-12-8-9-21-36(29)4/h8-9,12-21,23H,5-7,10-11H2,1-4H3/q+1. The monoisotopic (exact) mass is 538 g/mol. The number of aromatic nitrogens is 1. The van der Waals surface area contributed by atoms with Crippen LogP contribution in [-0.2, 0) is 7.05 Å². The van der Waals surface area contributed by atoms with Gasteiger partial charge in [0.25, 0.3) is 0 Å². The Morgan fingerprint density at radius 2 is 1.44 bits per heavy atom. The first-order valence-corrected chi connectivity index (χ1v) is 19.7. The van der Waals surface area contributed by atoms with E-state index in [0.29, 0.717) is 5.92 Å². The summed E-state index contributed by atoms with van der Waals surface area (Å²) in [6.07, 6.45) is 8.70. The molecule has 0 bridgehead atoms. The third-order valence-corrected chi connectivity index (χ3v) is 16.1. The summed E-state index contributed by atoms with van der Waals surface area (Å²) in [5.74, 6) is 5.48. The Hall–Kier alpha value is -2.72. The fourth-order valence-electron chi connectivity index (χ4n) is 6.91. The second-order valence-electron chi connectivity index (χ2n) is 11.3. The van der Waals surface area contributed by atoms with Crippen LogP contribution in [0.25, 0.3) is 33.5 Å². The van der Waals surface area contributed by atoms with E-state index in [1.165, 1.54) is 74.4 Å². The van der Waals surface area contributed by atoms with Crippen LogP contribution in [0.2, 0.25) is 11.5 Å². The van der Waals surface area contributed by atoms with Crippen LogP contribution in [0.1, 0.15) is 49.1 Å². The summed E-state index contributed by atoms with van der Waals surface area (Å²) in [6, 6.07) is 23.6. The van der Waals surface area contributed by atoms with Crippen LogP contribution < -0.4 is 13.4 Å². The summed E-state index contributed by atoms with van der Waals surface area (Å²) in [4.78, 5) is 0. The molecule has 3 heteroatoms. The van der Waals surface area contributed by atoms with Crippen LogP contribution in [-0.4, -0.2) is 13.3 Å². The molecule has 0 radical (unpaired) electrons. The van der Waals surface area contributed by atoms with Crippen molar-refractivity contribution in [1.29, 1.82) is 0 Å². The average Bonchev–Trinajstić information content (AvgIpc) is 3.12. The maximum absolute atomic E-state index is 15.7. The van der Waals surface area contributed by atoms with E-state index in [2.05, 4.69) is 90.8 Å². The Kier molecular flexibility index (Phi) is 5.91. The van der Waals surface area contributed by atoms with E-state index in [9.17, 15) is 0 Å². The third kappa shape index (κ3) is 3.68. The summed E-state index contributed by atoms with van der Waals surface area (Å²) in [5, 5.41) is 0. The van der Waals surface area contributed by atoms with Gasteiger partial charge in [-0.05, 0) is 0 Å². The van der Waals surface area contributed by atoms with Crippen LogP contribution in [0.15, 0.2) is 72.9 Å². The molecule has 3 aromatic carbocycles. The zero-order chi connectivity index (χ0) is 25.0. The summed E-state index contributed by atoms with van der Waals surface area (Å²) in [7, 11) is 2.12. The van der Waals surface area contributed by atoms with Gasteiger partial charge in [-0.25, -0.2) is 0 Å².